The first-order valence-electron chi connectivity index (χ1n) is 6.91. The third kappa shape index (κ3) is 2.76. The first kappa shape index (κ1) is 13.7. The number of fused-ring (bicyclic) bond motifs is 1. The minimum atomic E-state index is -0.0594. The number of nitrogens with zero attached hydrogens (tertiary/aromatic N) is 2. The SMILES string of the molecule is CCc1nnc(NC(=O)c2cc3c(s2)CCC(C)C3)s1. The molecule has 2 aromatic rings. The van der Waals surface area contributed by atoms with Gasteiger partial charge in [-0.2, -0.15) is 0 Å². The van der Waals surface area contributed by atoms with Gasteiger partial charge >= 0.3 is 0 Å². The monoisotopic (exact) mass is 307 g/mol. The standard InChI is InChI=1S/C14H17N3OS2/c1-3-12-16-17-14(20-12)15-13(18)11-7-9-6-8(2)4-5-10(9)19-11/h7-8H,3-6H2,1-2H3,(H,15,17,18). The van der Waals surface area contributed by atoms with Crippen LogP contribution < -0.4 is 5.32 Å². The summed E-state index contributed by atoms with van der Waals surface area (Å²) in [4.78, 5) is 14.4. The van der Waals surface area contributed by atoms with Crippen molar-refractivity contribution < 1.29 is 4.79 Å². The number of nitrogens with one attached hydrogen (secondary N) is 1. The van der Waals surface area contributed by atoms with Gasteiger partial charge in [0, 0.05) is 4.88 Å². The summed E-state index contributed by atoms with van der Waals surface area (Å²) in [6.45, 7) is 4.30. The van der Waals surface area contributed by atoms with Crippen LogP contribution in [0.15, 0.2) is 6.07 Å². The average molecular weight is 307 g/mol. The number of amides is 1. The molecule has 0 saturated heterocycles. The molecule has 0 radical (unpaired) electrons. The highest BCUT2D eigenvalue weighted by Crippen LogP contribution is 2.32. The highest BCUT2D eigenvalue weighted by atomic mass is 32.1. The number of aromatic nitrogens is 2. The zero-order valence-electron chi connectivity index (χ0n) is 11.6. The molecule has 106 valence electrons. The summed E-state index contributed by atoms with van der Waals surface area (Å²) in [6.07, 6.45) is 4.27. The van der Waals surface area contributed by atoms with Crippen LogP contribution in [0, 0.1) is 5.92 Å². The fourth-order valence-electron chi connectivity index (χ4n) is 2.42. The van der Waals surface area contributed by atoms with Gasteiger partial charge in [0.1, 0.15) is 5.01 Å². The van der Waals surface area contributed by atoms with Gasteiger partial charge in [0.15, 0.2) is 0 Å². The van der Waals surface area contributed by atoms with Gasteiger partial charge in [0.2, 0.25) is 5.13 Å². The highest BCUT2D eigenvalue weighted by molar-refractivity contribution is 7.16. The molecule has 2 aromatic heterocycles. The Morgan fingerprint density at radius 2 is 2.30 bits per heavy atom. The molecular formula is C14H17N3OS2. The number of rotatable bonds is 3. The summed E-state index contributed by atoms with van der Waals surface area (Å²) in [5.41, 5.74) is 1.35. The van der Waals surface area contributed by atoms with Crippen molar-refractivity contribution in [2.24, 2.45) is 5.92 Å². The summed E-state index contributed by atoms with van der Waals surface area (Å²) < 4.78 is 0. The van der Waals surface area contributed by atoms with E-state index in [1.165, 1.54) is 28.2 Å². The summed E-state index contributed by atoms with van der Waals surface area (Å²) in [6, 6.07) is 2.05. The van der Waals surface area contributed by atoms with Crippen LogP contribution >= 0.6 is 22.7 Å². The van der Waals surface area contributed by atoms with Gasteiger partial charge in [0.05, 0.1) is 4.88 Å². The van der Waals surface area contributed by atoms with Crippen molar-refractivity contribution in [3.05, 3.63) is 26.4 Å². The second kappa shape index (κ2) is 5.61. The lowest BCUT2D eigenvalue weighted by Gasteiger charge is -2.16. The number of hydrogen-bond acceptors (Lipinski definition) is 5. The maximum atomic E-state index is 12.2. The van der Waals surface area contributed by atoms with Gasteiger partial charge in [-0.25, -0.2) is 0 Å². The largest absolute Gasteiger partial charge is 0.296 e. The second-order valence-electron chi connectivity index (χ2n) is 5.22. The smallest absolute Gasteiger partial charge is 0.267 e. The predicted octanol–water partition coefficient (Wildman–Crippen LogP) is 3.54. The molecule has 1 N–H and O–H groups in total. The van der Waals surface area contributed by atoms with E-state index in [2.05, 4.69) is 22.4 Å². The Labute approximate surface area is 126 Å². The summed E-state index contributed by atoms with van der Waals surface area (Å²) in [5, 5.41) is 12.4. The Balaban J connectivity index is 1.74. The lowest BCUT2D eigenvalue weighted by Crippen LogP contribution is -2.10. The van der Waals surface area contributed by atoms with Crippen molar-refractivity contribution in [3.63, 3.8) is 0 Å². The fraction of sp³-hybridized carbons (Fsp3) is 0.500. The molecule has 0 aromatic carbocycles. The normalized spacial score (nSPS) is 17.8. The molecule has 1 atom stereocenters. The molecule has 3 rings (SSSR count). The Morgan fingerprint density at radius 1 is 1.45 bits per heavy atom. The van der Waals surface area contributed by atoms with Crippen LogP contribution in [-0.4, -0.2) is 16.1 Å². The summed E-state index contributed by atoms with van der Waals surface area (Å²) in [5.74, 6) is 0.666. The summed E-state index contributed by atoms with van der Waals surface area (Å²) in [7, 11) is 0. The van der Waals surface area contributed by atoms with Gasteiger partial charge in [-0.1, -0.05) is 25.2 Å². The quantitative estimate of drug-likeness (QED) is 0.943. The molecule has 4 nitrogen and oxygen atoms in total. The van der Waals surface area contributed by atoms with E-state index in [1.807, 2.05) is 13.0 Å². The molecule has 1 unspecified atom stereocenters. The molecule has 0 spiro atoms. The minimum absolute atomic E-state index is 0.0594. The molecule has 1 aliphatic rings. The molecule has 2 heterocycles. The van der Waals surface area contributed by atoms with Gasteiger partial charge in [-0.05, 0) is 43.2 Å². The third-order valence-electron chi connectivity index (χ3n) is 3.54. The lowest BCUT2D eigenvalue weighted by atomic mass is 9.90. The van der Waals surface area contributed by atoms with E-state index < -0.39 is 0 Å². The van der Waals surface area contributed by atoms with Crippen molar-refractivity contribution in [3.8, 4) is 0 Å². The van der Waals surface area contributed by atoms with Crippen LogP contribution in [-0.2, 0) is 19.3 Å². The molecule has 20 heavy (non-hydrogen) atoms. The van der Waals surface area contributed by atoms with Gasteiger partial charge in [0.25, 0.3) is 5.91 Å². The van der Waals surface area contributed by atoms with Gasteiger partial charge < -0.3 is 0 Å². The first-order chi connectivity index (χ1) is 9.65. The molecule has 0 bridgehead atoms. The molecular weight excluding hydrogens is 290 g/mol. The number of thiophene rings is 1. The molecule has 6 heteroatoms. The second-order valence-corrected chi connectivity index (χ2v) is 7.41. The van der Waals surface area contributed by atoms with Crippen molar-refractivity contribution in [2.75, 3.05) is 5.32 Å². The highest BCUT2D eigenvalue weighted by Gasteiger charge is 2.21. The van der Waals surface area contributed by atoms with Crippen LogP contribution in [0.4, 0.5) is 5.13 Å². The zero-order valence-corrected chi connectivity index (χ0v) is 13.2. The van der Waals surface area contributed by atoms with Crippen LogP contribution in [0.25, 0.3) is 0 Å². The van der Waals surface area contributed by atoms with Crippen LogP contribution in [0.3, 0.4) is 0 Å². The van der Waals surface area contributed by atoms with E-state index in [-0.39, 0.29) is 5.91 Å². The molecule has 0 saturated carbocycles. The molecule has 0 fully saturated rings. The van der Waals surface area contributed by atoms with Crippen molar-refractivity contribution in [1.29, 1.82) is 0 Å². The van der Waals surface area contributed by atoms with E-state index >= 15 is 0 Å². The van der Waals surface area contributed by atoms with Crippen LogP contribution in [0.2, 0.25) is 0 Å². The topological polar surface area (TPSA) is 54.9 Å². The Kier molecular flexibility index (Phi) is 3.85. The Hall–Kier alpha value is -1.27. The van der Waals surface area contributed by atoms with Crippen LogP contribution in [0.5, 0.6) is 0 Å². The lowest BCUT2D eigenvalue weighted by molar-refractivity contribution is 0.103. The van der Waals surface area contributed by atoms with E-state index in [4.69, 9.17) is 0 Å². The maximum absolute atomic E-state index is 12.2. The number of carbonyl (C=O) groups excluding carboxylic acids is 1. The molecule has 1 aliphatic carbocycles. The van der Waals surface area contributed by atoms with Crippen molar-refractivity contribution in [1.82, 2.24) is 10.2 Å². The number of anilines is 1. The van der Waals surface area contributed by atoms with E-state index in [0.29, 0.717) is 5.13 Å². The number of carbonyl (C=O) groups is 1. The van der Waals surface area contributed by atoms with Crippen molar-refractivity contribution in [2.45, 2.75) is 39.5 Å². The third-order valence-corrected chi connectivity index (χ3v) is 5.76. The van der Waals surface area contributed by atoms with Gasteiger partial charge in [-0.15, -0.1) is 21.5 Å². The minimum Gasteiger partial charge on any atom is -0.296 e. The van der Waals surface area contributed by atoms with E-state index in [0.717, 1.165) is 35.1 Å². The predicted molar refractivity (Wildman–Crippen MR) is 82.7 cm³/mol. The van der Waals surface area contributed by atoms with E-state index in [1.54, 1.807) is 11.3 Å². The first-order valence-corrected chi connectivity index (χ1v) is 8.54. The average Bonchev–Trinajstić information content (AvgIpc) is 3.04. The van der Waals surface area contributed by atoms with E-state index in [9.17, 15) is 4.79 Å². The van der Waals surface area contributed by atoms with Gasteiger partial charge in [-0.3, -0.25) is 10.1 Å². The fourth-order valence-corrected chi connectivity index (χ4v) is 4.20. The Bertz CT molecular complexity index is 632. The van der Waals surface area contributed by atoms with Crippen molar-refractivity contribution >= 4 is 33.7 Å². The Morgan fingerprint density at radius 3 is 3.05 bits per heavy atom. The number of hydrogen-bond donors (Lipinski definition) is 1. The maximum Gasteiger partial charge on any atom is 0.267 e. The molecule has 1 amide bonds. The number of aryl methyl sites for hydroxylation is 2. The summed E-state index contributed by atoms with van der Waals surface area (Å²) >= 11 is 3.06. The molecule has 0 aliphatic heterocycles. The van der Waals surface area contributed by atoms with Crippen LogP contribution in [0.1, 0.15) is 45.4 Å². The zero-order chi connectivity index (χ0) is 14.1.